The van der Waals surface area contributed by atoms with Crippen molar-refractivity contribution in [1.82, 2.24) is 10.1 Å². The van der Waals surface area contributed by atoms with Gasteiger partial charge in [-0.05, 0) is 24.6 Å². The summed E-state index contributed by atoms with van der Waals surface area (Å²) in [5.74, 6) is 1.45. The van der Waals surface area contributed by atoms with E-state index in [9.17, 15) is 4.79 Å². The Hall–Kier alpha value is -2.34. The van der Waals surface area contributed by atoms with Crippen LogP contribution in [-0.4, -0.2) is 36.2 Å². The fourth-order valence-corrected chi connectivity index (χ4v) is 2.00. The zero-order chi connectivity index (χ0) is 15.9. The van der Waals surface area contributed by atoms with Gasteiger partial charge < -0.3 is 19.9 Å². The van der Waals surface area contributed by atoms with Crippen LogP contribution in [0.25, 0.3) is 0 Å². The first-order valence-corrected chi connectivity index (χ1v) is 7.16. The van der Waals surface area contributed by atoms with Crippen LogP contribution < -0.4 is 10.5 Å². The second-order valence-corrected chi connectivity index (χ2v) is 5.14. The number of rotatable bonds is 7. The van der Waals surface area contributed by atoms with E-state index in [1.165, 1.54) is 0 Å². The predicted octanol–water partition coefficient (Wildman–Crippen LogP) is 1.52. The van der Waals surface area contributed by atoms with Crippen molar-refractivity contribution in [2.45, 2.75) is 19.9 Å². The Morgan fingerprint density at radius 1 is 1.36 bits per heavy atom. The van der Waals surface area contributed by atoms with Crippen molar-refractivity contribution >= 4 is 5.91 Å². The lowest BCUT2D eigenvalue weighted by Crippen LogP contribution is -2.27. The molecule has 1 aromatic carbocycles. The number of nitrogens with zero attached hydrogens (tertiary/aromatic N) is 2. The molecule has 0 spiro atoms. The lowest BCUT2D eigenvalue weighted by atomic mass is 10.1. The highest BCUT2D eigenvalue weighted by molar-refractivity contribution is 5.78. The minimum atomic E-state index is 0.0182. The predicted molar refractivity (Wildman–Crippen MR) is 82.4 cm³/mol. The number of benzene rings is 1. The van der Waals surface area contributed by atoms with Crippen LogP contribution in [0.3, 0.4) is 0 Å². The third-order valence-corrected chi connectivity index (χ3v) is 3.16. The number of hydrogen-bond acceptors (Lipinski definition) is 5. The molecule has 1 amide bonds. The van der Waals surface area contributed by atoms with Gasteiger partial charge in [-0.25, -0.2) is 0 Å². The fraction of sp³-hybridized carbons (Fsp3) is 0.375. The Morgan fingerprint density at radius 2 is 2.09 bits per heavy atom. The molecule has 0 saturated heterocycles. The van der Waals surface area contributed by atoms with E-state index in [-0.39, 0.29) is 5.91 Å². The molecule has 1 aromatic heterocycles. The van der Waals surface area contributed by atoms with E-state index in [2.05, 4.69) is 5.16 Å². The summed E-state index contributed by atoms with van der Waals surface area (Å²) in [6, 6.07) is 9.29. The van der Waals surface area contributed by atoms with Gasteiger partial charge in [0.2, 0.25) is 5.91 Å². The molecule has 0 atom stereocenters. The van der Waals surface area contributed by atoms with Crippen LogP contribution in [0.4, 0.5) is 0 Å². The number of amides is 1. The minimum Gasteiger partial charge on any atom is -0.492 e. The van der Waals surface area contributed by atoms with Gasteiger partial charge in [0.15, 0.2) is 5.76 Å². The average molecular weight is 303 g/mol. The lowest BCUT2D eigenvalue weighted by molar-refractivity contribution is -0.129. The van der Waals surface area contributed by atoms with Gasteiger partial charge in [0.25, 0.3) is 0 Å². The van der Waals surface area contributed by atoms with Crippen molar-refractivity contribution in [2.75, 3.05) is 20.2 Å². The average Bonchev–Trinajstić information content (AvgIpc) is 2.91. The molecular formula is C16H21N3O3. The molecular weight excluding hydrogens is 282 g/mol. The molecule has 2 N–H and O–H groups in total. The molecule has 22 heavy (non-hydrogen) atoms. The molecule has 1 heterocycles. The Bertz CT molecular complexity index is 607. The highest BCUT2D eigenvalue weighted by atomic mass is 16.5. The van der Waals surface area contributed by atoms with Crippen molar-refractivity contribution in [3.63, 3.8) is 0 Å². The third kappa shape index (κ3) is 4.60. The molecule has 0 saturated carbocycles. The van der Waals surface area contributed by atoms with Crippen molar-refractivity contribution < 1.29 is 14.1 Å². The van der Waals surface area contributed by atoms with Crippen molar-refractivity contribution in [3.05, 3.63) is 47.3 Å². The van der Waals surface area contributed by atoms with E-state index in [1.54, 1.807) is 11.9 Å². The number of carbonyl (C=O) groups excluding carboxylic acids is 1. The maximum Gasteiger partial charge on any atom is 0.227 e. The summed E-state index contributed by atoms with van der Waals surface area (Å²) in [5.41, 5.74) is 7.13. The van der Waals surface area contributed by atoms with Gasteiger partial charge in [-0.3, -0.25) is 4.79 Å². The van der Waals surface area contributed by atoms with Gasteiger partial charge in [-0.15, -0.1) is 0 Å². The van der Waals surface area contributed by atoms with Gasteiger partial charge in [0.05, 0.1) is 18.7 Å². The topological polar surface area (TPSA) is 81.6 Å². The normalized spacial score (nSPS) is 10.5. The van der Waals surface area contributed by atoms with E-state index in [4.69, 9.17) is 15.0 Å². The molecule has 118 valence electrons. The summed E-state index contributed by atoms with van der Waals surface area (Å²) >= 11 is 0. The quantitative estimate of drug-likeness (QED) is 0.838. The van der Waals surface area contributed by atoms with Crippen LogP contribution in [0.1, 0.15) is 17.0 Å². The Balaban J connectivity index is 1.87. The monoisotopic (exact) mass is 303 g/mol. The summed E-state index contributed by atoms with van der Waals surface area (Å²) in [4.78, 5) is 13.8. The zero-order valence-corrected chi connectivity index (χ0v) is 12.9. The smallest absolute Gasteiger partial charge is 0.227 e. The van der Waals surface area contributed by atoms with Crippen molar-refractivity contribution in [1.29, 1.82) is 0 Å². The van der Waals surface area contributed by atoms with E-state index in [1.807, 2.05) is 37.3 Å². The first-order chi connectivity index (χ1) is 10.6. The van der Waals surface area contributed by atoms with Crippen LogP contribution in [0, 0.1) is 6.92 Å². The molecule has 0 radical (unpaired) electrons. The van der Waals surface area contributed by atoms with Crippen LogP contribution in [-0.2, 0) is 17.8 Å². The first-order valence-electron chi connectivity index (χ1n) is 7.16. The molecule has 0 bridgehead atoms. The van der Waals surface area contributed by atoms with Crippen LogP contribution >= 0.6 is 0 Å². The van der Waals surface area contributed by atoms with Crippen LogP contribution in [0.5, 0.6) is 5.75 Å². The summed E-state index contributed by atoms with van der Waals surface area (Å²) in [5, 5.41) is 3.81. The van der Waals surface area contributed by atoms with Gasteiger partial charge in [0.1, 0.15) is 12.4 Å². The standard InChI is InChI=1S/C16H21N3O3/c1-12-9-15(22-18-12)11-19(2)16(20)10-13-3-5-14(6-4-13)21-8-7-17/h3-6,9H,7-8,10-11,17H2,1-2H3. The second-order valence-electron chi connectivity index (χ2n) is 5.14. The summed E-state index contributed by atoms with van der Waals surface area (Å²) in [6.45, 7) is 3.23. The highest BCUT2D eigenvalue weighted by Gasteiger charge is 2.12. The summed E-state index contributed by atoms with van der Waals surface area (Å²) in [6.07, 6.45) is 0.334. The maximum absolute atomic E-state index is 12.2. The number of nitrogens with two attached hydrogens (primary N) is 1. The van der Waals surface area contributed by atoms with E-state index in [0.29, 0.717) is 31.9 Å². The van der Waals surface area contributed by atoms with Gasteiger partial charge >= 0.3 is 0 Å². The second kappa shape index (κ2) is 7.61. The van der Waals surface area contributed by atoms with Crippen molar-refractivity contribution in [2.24, 2.45) is 5.73 Å². The SMILES string of the molecule is Cc1cc(CN(C)C(=O)Cc2ccc(OCCN)cc2)on1. The number of ether oxygens (including phenoxy) is 1. The maximum atomic E-state index is 12.2. The van der Waals surface area contributed by atoms with Crippen LogP contribution in [0.2, 0.25) is 0 Å². The zero-order valence-electron chi connectivity index (χ0n) is 12.9. The molecule has 0 fully saturated rings. The number of carbonyl (C=O) groups is 1. The third-order valence-electron chi connectivity index (χ3n) is 3.16. The number of likely N-dealkylation sites (N-methyl/N-ethyl adjacent to an activating group) is 1. The molecule has 2 aromatic rings. The van der Waals surface area contributed by atoms with Crippen molar-refractivity contribution in [3.8, 4) is 5.75 Å². The lowest BCUT2D eigenvalue weighted by Gasteiger charge is -2.15. The van der Waals surface area contributed by atoms with Gasteiger partial charge in [-0.2, -0.15) is 0 Å². The molecule has 6 nitrogen and oxygen atoms in total. The number of aryl methyl sites for hydroxylation is 1. The van der Waals surface area contributed by atoms with Crippen LogP contribution in [0.15, 0.2) is 34.9 Å². The fourth-order valence-electron chi connectivity index (χ4n) is 2.00. The Labute approximate surface area is 129 Å². The molecule has 0 aliphatic carbocycles. The number of aromatic nitrogens is 1. The summed E-state index contributed by atoms with van der Waals surface area (Å²) < 4.78 is 10.5. The largest absolute Gasteiger partial charge is 0.492 e. The number of hydrogen-bond donors (Lipinski definition) is 1. The van der Waals surface area contributed by atoms with Gasteiger partial charge in [-0.1, -0.05) is 17.3 Å². The highest BCUT2D eigenvalue weighted by Crippen LogP contribution is 2.13. The molecule has 0 unspecified atom stereocenters. The first kappa shape index (κ1) is 16.0. The molecule has 2 rings (SSSR count). The molecule has 0 aliphatic rings. The molecule has 6 heteroatoms. The Morgan fingerprint density at radius 3 is 2.68 bits per heavy atom. The minimum absolute atomic E-state index is 0.0182. The van der Waals surface area contributed by atoms with Gasteiger partial charge in [0, 0.05) is 19.7 Å². The summed E-state index contributed by atoms with van der Waals surface area (Å²) in [7, 11) is 1.75. The molecule has 0 aliphatic heterocycles. The Kier molecular flexibility index (Phi) is 5.55. The van der Waals surface area contributed by atoms with E-state index >= 15 is 0 Å². The van der Waals surface area contributed by atoms with E-state index in [0.717, 1.165) is 17.0 Å². The van der Waals surface area contributed by atoms with E-state index < -0.39 is 0 Å².